The van der Waals surface area contributed by atoms with Gasteiger partial charge in [-0.15, -0.1) is 0 Å². The lowest BCUT2D eigenvalue weighted by Crippen LogP contribution is -2.50. The van der Waals surface area contributed by atoms with Crippen LogP contribution < -0.4 is 16.4 Å². The van der Waals surface area contributed by atoms with Crippen molar-refractivity contribution in [1.82, 2.24) is 15.5 Å². The molecular formula is C7H14N4O2. The molecule has 0 aromatic carbocycles. The van der Waals surface area contributed by atoms with Gasteiger partial charge in [0.25, 0.3) is 0 Å². The molecular weight excluding hydrogens is 172 g/mol. The molecule has 13 heavy (non-hydrogen) atoms. The summed E-state index contributed by atoms with van der Waals surface area (Å²) >= 11 is 0. The molecule has 74 valence electrons. The van der Waals surface area contributed by atoms with Gasteiger partial charge in [-0.1, -0.05) is 0 Å². The largest absolute Gasteiger partial charge is 0.352 e. The third-order valence-corrected chi connectivity index (χ3v) is 1.87. The molecule has 0 aliphatic carbocycles. The number of carbonyl (C=O) groups excluding carboxylic acids is 2. The van der Waals surface area contributed by atoms with Crippen LogP contribution in [0.3, 0.4) is 0 Å². The number of hydrogen-bond donors (Lipinski definition) is 3. The Balaban J connectivity index is 2.19. The zero-order valence-electron chi connectivity index (χ0n) is 7.38. The van der Waals surface area contributed by atoms with E-state index >= 15 is 0 Å². The Morgan fingerprint density at radius 3 is 3.08 bits per heavy atom. The Labute approximate surface area is 76.4 Å². The average Bonchev–Trinajstić information content (AvgIpc) is 2.08. The van der Waals surface area contributed by atoms with Crippen LogP contribution in [0, 0.1) is 0 Å². The molecule has 0 unspecified atom stereocenters. The van der Waals surface area contributed by atoms with Gasteiger partial charge >= 0.3 is 6.03 Å². The van der Waals surface area contributed by atoms with Gasteiger partial charge in [0.05, 0.1) is 6.54 Å². The summed E-state index contributed by atoms with van der Waals surface area (Å²) in [4.78, 5) is 23.2. The van der Waals surface area contributed by atoms with E-state index in [4.69, 9.17) is 5.73 Å². The van der Waals surface area contributed by atoms with Gasteiger partial charge in [-0.05, 0) is 0 Å². The predicted molar refractivity (Wildman–Crippen MR) is 47.0 cm³/mol. The van der Waals surface area contributed by atoms with Gasteiger partial charge in [0.1, 0.15) is 0 Å². The number of nitrogens with two attached hydrogens (primary N) is 1. The maximum Gasteiger partial charge on any atom is 0.312 e. The van der Waals surface area contributed by atoms with E-state index in [0.717, 1.165) is 6.54 Å². The zero-order valence-corrected chi connectivity index (χ0v) is 7.38. The summed E-state index contributed by atoms with van der Waals surface area (Å²) in [5.41, 5.74) is 4.88. The molecule has 0 aromatic heterocycles. The number of nitrogens with zero attached hydrogens (tertiary/aromatic N) is 1. The standard InChI is InChI=1S/C7H14N4O2/c8-7(13)10-2-4-11-3-1-9-5-6(11)12/h9H,1-5H2,(H3,8,10,13). The molecule has 6 heteroatoms. The second kappa shape index (κ2) is 4.66. The monoisotopic (exact) mass is 186 g/mol. The van der Waals surface area contributed by atoms with Crippen LogP contribution in [0.15, 0.2) is 0 Å². The molecule has 4 N–H and O–H groups in total. The van der Waals surface area contributed by atoms with Crippen molar-refractivity contribution in [2.45, 2.75) is 0 Å². The number of hydrogen-bond acceptors (Lipinski definition) is 3. The first-order valence-electron chi connectivity index (χ1n) is 4.22. The third-order valence-electron chi connectivity index (χ3n) is 1.87. The summed E-state index contributed by atoms with van der Waals surface area (Å²) < 4.78 is 0. The first kappa shape index (κ1) is 9.79. The average molecular weight is 186 g/mol. The lowest BCUT2D eigenvalue weighted by molar-refractivity contribution is -0.131. The fourth-order valence-corrected chi connectivity index (χ4v) is 1.20. The van der Waals surface area contributed by atoms with Gasteiger partial charge in [0, 0.05) is 26.2 Å². The van der Waals surface area contributed by atoms with Crippen LogP contribution in [-0.4, -0.2) is 49.6 Å². The first-order valence-corrected chi connectivity index (χ1v) is 4.22. The molecule has 1 aliphatic heterocycles. The summed E-state index contributed by atoms with van der Waals surface area (Å²) in [6.07, 6.45) is 0. The number of urea groups is 1. The first-order chi connectivity index (χ1) is 6.20. The van der Waals surface area contributed by atoms with Crippen molar-refractivity contribution in [1.29, 1.82) is 0 Å². The Morgan fingerprint density at radius 1 is 1.69 bits per heavy atom. The summed E-state index contributed by atoms with van der Waals surface area (Å²) in [5.74, 6) is 0.0671. The molecule has 1 aliphatic rings. The molecule has 0 aromatic rings. The maximum absolute atomic E-state index is 11.2. The Kier molecular flexibility index (Phi) is 3.51. The topological polar surface area (TPSA) is 87.5 Å². The molecule has 1 saturated heterocycles. The SMILES string of the molecule is NC(=O)NCCN1CCNCC1=O. The Hall–Kier alpha value is -1.30. The van der Waals surface area contributed by atoms with E-state index in [2.05, 4.69) is 10.6 Å². The van der Waals surface area contributed by atoms with Gasteiger partial charge in [0.2, 0.25) is 5.91 Å². The summed E-state index contributed by atoms with van der Waals surface area (Å²) in [7, 11) is 0. The van der Waals surface area contributed by atoms with Gasteiger partial charge < -0.3 is 21.3 Å². The summed E-state index contributed by atoms with van der Waals surface area (Å²) in [6.45, 7) is 2.84. The summed E-state index contributed by atoms with van der Waals surface area (Å²) in [5, 5.41) is 5.40. The predicted octanol–water partition coefficient (Wildman–Crippen LogP) is -1.91. The van der Waals surface area contributed by atoms with Gasteiger partial charge in [-0.25, -0.2) is 4.79 Å². The lowest BCUT2D eigenvalue weighted by Gasteiger charge is -2.27. The van der Waals surface area contributed by atoms with E-state index in [1.807, 2.05) is 0 Å². The van der Waals surface area contributed by atoms with Crippen LogP contribution >= 0.6 is 0 Å². The molecule has 0 atom stereocenters. The van der Waals surface area contributed by atoms with Crippen LogP contribution in [0.4, 0.5) is 4.79 Å². The van der Waals surface area contributed by atoms with Crippen molar-refractivity contribution < 1.29 is 9.59 Å². The van der Waals surface area contributed by atoms with E-state index < -0.39 is 6.03 Å². The molecule has 0 saturated carbocycles. The number of amides is 3. The second-order valence-electron chi connectivity index (χ2n) is 2.85. The van der Waals surface area contributed by atoms with E-state index in [0.29, 0.717) is 26.2 Å². The molecule has 0 spiro atoms. The minimum absolute atomic E-state index is 0.0671. The highest BCUT2D eigenvalue weighted by Gasteiger charge is 2.16. The van der Waals surface area contributed by atoms with Crippen LogP contribution in [0.1, 0.15) is 0 Å². The van der Waals surface area contributed by atoms with Crippen molar-refractivity contribution in [3.63, 3.8) is 0 Å². The van der Waals surface area contributed by atoms with E-state index in [9.17, 15) is 9.59 Å². The minimum Gasteiger partial charge on any atom is -0.352 e. The molecule has 0 radical (unpaired) electrons. The number of primary amides is 1. The van der Waals surface area contributed by atoms with Gasteiger partial charge in [-0.2, -0.15) is 0 Å². The third kappa shape index (κ3) is 3.29. The quantitative estimate of drug-likeness (QED) is 0.480. The highest BCUT2D eigenvalue weighted by Crippen LogP contribution is 1.92. The normalized spacial score (nSPS) is 17.2. The smallest absolute Gasteiger partial charge is 0.312 e. The van der Waals surface area contributed by atoms with Crippen molar-refractivity contribution in [3.05, 3.63) is 0 Å². The van der Waals surface area contributed by atoms with Crippen LogP contribution in [0.25, 0.3) is 0 Å². The maximum atomic E-state index is 11.2. The Bertz CT molecular complexity index is 207. The van der Waals surface area contributed by atoms with E-state index in [-0.39, 0.29) is 5.91 Å². The van der Waals surface area contributed by atoms with Crippen LogP contribution in [0.2, 0.25) is 0 Å². The highest BCUT2D eigenvalue weighted by atomic mass is 16.2. The molecule has 1 fully saturated rings. The molecule has 6 nitrogen and oxygen atoms in total. The van der Waals surface area contributed by atoms with Crippen molar-refractivity contribution in [2.75, 3.05) is 32.7 Å². The zero-order chi connectivity index (χ0) is 9.68. The van der Waals surface area contributed by atoms with Crippen molar-refractivity contribution in [2.24, 2.45) is 5.73 Å². The Morgan fingerprint density at radius 2 is 2.46 bits per heavy atom. The minimum atomic E-state index is -0.553. The van der Waals surface area contributed by atoms with Crippen LogP contribution in [-0.2, 0) is 4.79 Å². The van der Waals surface area contributed by atoms with Gasteiger partial charge in [-0.3, -0.25) is 4.79 Å². The van der Waals surface area contributed by atoms with Gasteiger partial charge in [0.15, 0.2) is 0 Å². The second-order valence-corrected chi connectivity index (χ2v) is 2.85. The number of rotatable bonds is 3. The molecule has 1 rings (SSSR count). The number of piperazine rings is 1. The highest BCUT2D eigenvalue weighted by molar-refractivity contribution is 5.79. The number of carbonyl (C=O) groups is 2. The molecule has 0 bridgehead atoms. The van der Waals surface area contributed by atoms with Crippen molar-refractivity contribution in [3.8, 4) is 0 Å². The van der Waals surface area contributed by atoms with E-state index in [1.54, 1.807) is 4.90 Å². The molecule has 1 heterocycles. The lowest BCUT2D eigenvalue weighted by atomic mass is 10.3. The number of nitrogens with one attached hydrogen (secondary N) is 2. The molecule has 3 amide bonds. The van der Waals surface area contributed by atoms with Crippen molar-refractivity contribution >= 4 is 11.9 Å². The van der Waals surface area contributed by atoms with Crippen LogP contribution in [0.5, 0.6) is 0 Å². The fraction of sp³-hybridized carbons (Fsp3) is 0.714. The van der Waals surface area contributed by atoms with E-state index in [1.165, 1.54) is 0 Å². The summed E-state index contributed by atoms with van der Waals surface area (Å²) in [6, 6.07) is -0.553. The fourth-order valence-electron chi connectivity index (χ4n) is 1.20.